The van der Waals surface area contributed by atoms with Gasteiger partial charge in [0.05, 0.1) is 0 Å². The van der Waals surface area contributed by atoms with Crippen molar-refractivity contribution in [3.05, 3.63) is 35.5 Å². The Hall–Kier alpha value is -0.780. The zero-order valence-corrected chi connectivity index (χ0v) is 13.8. The van der Waals surface area contributed by atoms with E-state index in [1.165, 1.54) is 51.4 Å². The lowest BCUT2D eigenvalue weighted by atomic mass is 9.57. The van der Waals surface area contributed by atoms with Gasteiger partial charge in [-0.05, 0) is 81.1 Å². The first kappa shape index (κ1) is 13.9. The van der Waals surface area contributed by atoms with E-state index in [0.717, 1.165) is 23.7 Å². The normalized spacial score (nSPS) is 45.6. The van der Waals surface area contributed by atoms with Crippen LogP contribution >= 0.6 is 0 Å². The zero-order chi connectivity index (χ0) is 14.4. The topological polar surface area (TPSA) is 0 Å². The van der Waals surface area contributed by atoms with Gasteiger partial charge in [-0.15, -0.1) is 0 Å². The van der Waals surface area contributed by atoms with E-state index in [-0.39, 0.29) is 0 Å². The zero-order valence-electron chi connectivity index (χ0n) is 13.8. The van der Waals surface area contributed by atoms with Crippen LogP contribution in [0.4, 0.5) is 0 Å². The Kier molecular flexibility index (Phi) is 3.39. The average Bonchev–Trinajstić information content (AvgIpc) is 3.10. The molecule has 0 heteroatoms. The maximum absolute atomic E-state index is 2.62. The first-order valence-corrected chi connectivity index (χ1v) is 9.23. The highest BCUT2D eigenvalue weighted by molar-refractivity contribution is 5.35. The first-order valence-electron chi connectivity index (χ1n) is 9.23. The minimum absolute atomic E-state index is 0.552. The molecule has 0 aromatic rings. The molecule has 2 fully saturated rings. The van der Waals surface area contributed by atoms with Crippen molar-refractivity contribution >= 4 is 0 Å². The van der Waals surface area contributed by atoms with Crippen LogP contribution in [0, 0.1) is 29.1 Å². The highest BCUT2D eigenvalue weighted by Gasteiger charge is 2.55. The third kappa shape index (κ3) is 2.17. The maximum Gasteiger partial charge on any atom is 0.00120 e. The van der Waals surface area contributed by atoms with E-state index in [4.69, 9.17) is 0 Å². The summed E-state index contributed by atoms with van der Waals surface area (Å²) in [5, 5.41) is 0. The van der Waals surface area contributed by atoms with E-state index in [9.17, 15) is 0 Å². The van der Waals surface area contributed by atoms with E-state index in [1.807, 2.05) is 0 Å². The quantitative estimate of drug-likeness (QED) is 0.540. The Morgan fingerprint density at radius 3 is 2.52 bits per heavy atom. The summed E-state index contributed by atoms with van der Waals surface area (Å²) in [6.07, 6.45) is 21.6. The average molecular weight is 282 g/mol. The van der Waals surface area contributed by atoms with Crippen LogP contribution in [0.5, 0.6) is 0 Å². The minimum Gasteiger partial charge on any atom is -0.0853 e. The van der Waals surface area contributed by atoms with Crippen LogP contribution in [0.1, 0.15) is 65.2 Å². The fourth-order valence-corrected chi connectivity index (χ4v) is 5.97. The molecule has 0 N–H and O–H groups in total. The molecular weight excluding hydrogens is 252 g/mol. The number of rotatable bonds is 2. The lowest BCUT2D eigenvalue weighted by molar-refractivity contribution is 0.111. The minimum atomic E-state index is 0.552. The Labute approximate surface area is 130 Å². The molecule has 0 aromatic heterocycles. The summed E-state index contributed by atoms with van der Waals surface area (Å²) in [6.45, 7) is 4.68. The predicted molar refractivity (Wildman–Crippen MR) is 90.0 cm³/mol. The second kappa shape index (κ2) is 5.14. The lowest BCUT2D eigenvalue weighted by Gasteiger charge is -2.47. The Balaban J connectivity index is 1.69. The number of allylic oxidation sites excluding steroid dienone is 6. The summed E-state index contributed by atoms with van der Waals surface area (Å²) in [7, 11) is 0. The smallest absolute Gasteiger partial charge is 0.00120 e. The molecule has 4 aliphatic carbocycles. The summed E-state index contributed by atoms with van der Waals surface area (Å²) >= 11 is 0. The molecule has 0 aliphatic heterocycles. The van der Waals surface area contributed by atoms with Crippen LogP contribution in [0.25, 0.3) is 0 Å². The van der Waals surface area contributed by atoms with Gasteiger partial charge in [0.1, 0.15) is 0 Å². The van der Waals surface area contributed by atoms with Crippen LogP contribution < -0.4 is 0 Å². The van der Waals surface area contributed by atoms with Gasteiger partial charge in [0.25, 0.3) is 0 Å². The fourth-order valence-electron chi connectivity index (χ4n) is 5.97. The summed E-state index contributed by atoms with van der Waals surface area (Å²) in [5.41, 5.74) is 3.92. The molecule has 2 bridgehead atoms. The first-order chi connectivity index (χ1) is 10.2. The monoisotopic (exact) mass is 282 g/mol. The molecule has 21 heavy (non-hydrogen) atoms. The molecule has 4 aliphatic rings. The van der Waals surface area contributed by atoms with E-state index in [1.54, 1.807) is 11.1 Å². The van der Waals surface area contributed by atoms with E-state index in [2.05, 4.69) is 38.2 Å². The molecule has 4 rings (SSSR count). The SMILES string of the molecule is CC1=CCC(C2(C3=CCC(C)C=C3)CC3CCC2C3)CC1. The van der Waals surface area contributed by atoms with Gasteiger partial charge >= 0.3 is 0 Å². The summed E-state index contributed by atoms with van der Waals surface area (Å²) in [5.74, 6) is 3.69. The summed E-state index contributed by atoms with van der Waals surface area (Å²) < 4.78 is 0. The second-order valence-corrected chi connectivity index (χ2v) is 8.37. The molecule has 0 nitrogen and oxygen atoms in total. The number of hydrogen-bond donors (Lipinski definition) is 0. The Morgan fingerprint density at radius 1 is 1.05 bits per heavy atom. The number of fused-ring (bicyclic) bond motifs is 2. The molecule has 5 atom stereocenters. The third-order valence-electron chi connectivity index (χ3n) is 7.11. The van der Waals surface area contributed by atoms with Crippen LogP contribution in [0.3, 0.4) is 0 Å². The molecule has 114 valence electrons. The van der Waals surface area contributed by atoms with Crippen LogP contribution in [0.15, 0.2) is 35.5 Å². The van der Waals surface area contributed by atoms with Crippen LogP contribution in [0.2, 0.25) is 0 Å². The molecule has 0 amide bonds. The van der Waals surface area contributed by atoms with Crippen molar-refractivity contribution in [2.75, 3.05) is 0 Å². The van der Waals surface area contributed by atoms with Crippen molar-refractivity contribution in [3.63, 3.8) is 0 Å². The van der Waals surface area contributed by atoms with Gasteiger partial charge < -0.3 is 0 Å². The van der Waals surface area contributed by atoms with E-state index >= 15 is 0 Å². The molecule has 0 heterocycles. The van der Waals surface area contributed by atoms with Crippen molar-refractivity contribution in [1.82, 2.24) is 0 Å². The van der Waals surface area contributed by atoms with E-state index < -0.39 is 0 Å². The Morgan fingerprint density at radius 2 is 1.95 bits per heavy atom. The largest absolute Gasteiger partial charge is 0.0853 e. The maximum atomic E-state index is 2.62. The van der Waals surface area contributed by atoms with Crippen molar-refractivity contribution in [2.45, 2.75) is 65.2 Å². The van der Waals surface area contributed by atoms with Crippen molar-refractivity contribution in [3.8, 4) is 0 Å². The van der Waals surface area contributed by atoms with Crippen LogP contribution in [-0.2, 0) is 0 Å². The second-order valence-electron chi connectivity index (χ2n) is 8.37. The van der Waals surface area contributed by atoms with Gasteiger partial charge in [0.15, 0.2) is 0 Å². The predicted octanol–water partition coefficient (Wildman–Crippen LogP) is 6.06. The molecule has 0 aromatic carbocycles. The summed E-state index contributed by atoms with van der Waals surface area (Å²) in [6, 6.07) is 0. The lowest BCUT2D eigenvalue weighted by Crippen LogP contribution is -2.38. The van der Waals surface area contributed by atoms with Crippen molar-refractivity contribution < 1.29 is 0 Å². The Bertz CT molecular complexity index is 506. The van der Waals surface area contributed by atoms with Gasteiger partial charge in [-0.3, -0.25) is 0 Å². The fraction of sp³-hybridized carbons (Fsp3) is 0.714. The third-order valence-corrected chi connectivity index (χ3v) is 7.11. The highest BCUT2D eigenvalue weighted by atomic mass is 14.6. The molecule has 5 unspecified atom stereocenters. The van der Waals surface area contributed by atoms with Gasteiger partial charge in [0.2, 0.25) is 0 Å². The van der Waals surface area contributed by atoms with Gasteiger partial charge in [0, 0.05) is 5.41 Å². The van der Waals surface area contributed by atoms with Crippen molar-refractivity contribution in [1.29, 1.82) is 0 Å². The molecule has 0 radical (unpaired) electrons. The molecule has 2 saturated carbocycles. The summed E-state index contributed by atoms with van der Waals surface area (Å²) in [4.78, 5) is 0. The van der Waals surface area contributed by atoms with Crippen molar-refractivity contribution in [2.24, 2.45) is 29.1 Å². The highest BCUT2D eigenvalue weighted by Crippen LogP contribution is 2.65. The van der Waals surface area contributed by atoms with Gasteiger partial charge in [-0.1, -0.05) is 43.2 Å². The molecular formula is C21H30. The van der Waals surface area contributed by atoms with Gasteiger partial charge in [-0.25, -0.2) is 0 Å². The number of hydrogen-bond acceptors (Lipinski definition) is 0. The standard InChI is InChI=1S/C21H30/c1-15-3-8-18(9-4-15)21(14-17-7-12-20(21)13-17)19-10-5-16(2)6-11-19/h3,5,8-9,15,17,19-20H,4,6-7,10-14H2,1-2H3. The molecule has 0 saturated heterocycles. The van der Waals surface area contributed by atoms with Gasteiger partial charge in [-0.2, -0.15) is 0 Å². The van der Waals surface area contributed by atoms with E-state index in [0.29, 0.717) is 5.41 Å². The molecule has 0 spiro atoms. The van der Waals surface area contributed by atoms with Crippen LogP contribution in [-0.4, -0.2) is 0 Å².